The van der Waals surface area contributed by atoms with Gasteiger partial charge in [0.05, 0.1) is 11.4 Å². The Morgan fingerprint density at radius 2 is 2.27 bits per heavy atom. The number of nitrogens with zero attached hydrogens (tertiary/aromatic N) is 3. The quantitative estimate of drug-likeness (QED) is 0.767. The molecule has 0 radical (unpaired) electrons. The molecule has 0 unspecified atom stereocenters. The van der Waals surface area contributed by atoms with Crippen LogP contribution in [-0.2, 0) is 6.54 Å². The van der Waals surface area contributed by atoms with Crippen LogP contribution in [0.4, 0.5) is 0 Å². The highest BCUT2D eigenvalue weighted by molar-refractivity contribution is 7.13. The SMILES string of the molecule is CN(Cc1nc(-c2cccs2)no1)CC1(CC2CC2)CCC1. The Labute approximate surface area is 135 Å². The number of thiophene rings is 1. The largest absolute Gasteiger partial charge is 0.338 e. The summed E-state index contributed by atoms with van der Waals surface area (Å²) in [6, 6.07) is 4.04. The van der Waals surface area contributed by atoms with Gasteiger partial charge in [-0.05, 0) is 49.1 Å². The molecule has 0 aromatic carbocycles. The summed E-state index contributed by atoms with van der Waals surface area (Å²) in [5.41, 5.74) is 0.576. The van der Waals surface area contributed by atoms with E-state index >= 15 is 0 Å². The molecule has 2 fully saturated rings. The van der Waals surface area contributed by atoms with Crippen molar-refractivity contribution >= 4 is 11.3 Å². The summed E-state index contributed by atoms with van der Waals surface area (Å²) in [6.45, 7) is 1.92. The highest BCUT2D eigenvalue weighted by atomic mass is 32.1. The fourth-order valence-electron chi connectivity index (χ4n) is 3.72. The molecule has 2 heterocycles. The molecule has 0 N–H and O–H groups in total. The smallest absolute Gasteiger partial charge is 0.241 e. The van der Waals surface area contributed by atoms with Crippen LogP contribution in [0, 0.1) is 11.3 Å². The first-order chi connectivity index (χ1) is 10.7. The van der Waals surface area contributed by atoms with E-state index in [1.807, 2.05) is 17.5 Å². The van der Waals surface area contributed by atoms with Gasteiger partial charge < -0.3 is 4.52 Å². The maximum atomic E-state index is 5.42. The highest BCUT2D eigenvalue weighted by Gasteiger charge is 2.42. The van der Waals surface area contributed by atoms with Gasteiger partial charge in [0, 0.05) is 6.54 Å². The van der Waals surface area contributed by atoms with Crippen molar-refractivity contribution in [1.29, 1.82) is 0 Å². The van der Waals surface area contributed by atoms with E-state index in [-0.39, 0.29) is 0 Å². The van der Waals surface area contributed by atoms with Crippen LogP contribution in [0.5, 0.6) is 0 Å². The van der Waals surface area contributed by atoms with E-state index < -0.39 is 0 Å². The monoisotopic (exact) mass is 317 g/mol. The van der Waals surface area contributed by atoms with Gasteiger partial charge in [-0.15, -0.1) is 11.3 Å². The van der Waals surface area contributed by atoms with E-state index in [1.54, 1.807) is 11.3 Å². The van der Waals surface area contributed by atoms with E-state index in [0.717, 1.165) is 29.1 Å². The summed E-state index contributed by atoms with van der Waals surface area (Å²) < 4.78 is 5.42. The second-order valence-corrected chi connectivity index (χ2v) is 8.11. The normalized spacial score (nSPS) is 20.3. The first-order valence-corrected chi connectivity index (χ1v) is 9.15. The molecule has 0 saturated heterocycles. The predicted octanol–water partition coefficient (Wildman–Crippen LogP) is 4.20. The third kappa shape index (κ3) is 3.10. The molecule has 0 atom stereocenters. The lowest BCUT2D eigenvalue weighted by molar-refractivity contribution is 0.0557. The van der Waals surface area contributed by atoms with Crippen LogP contribution >= 0.6 is 11.3 Å². The molecule has 4 nitrogen and oxygen atoms in total. The van der Waals surface area contributed by atoms with Crippen LogP contribution in [0.2, 0.25) is 0 Å². The average molecular weight is 317 g/mol. The Balaban J connectivity index is 1.36. The van der Waals surface area contributed by atoms with E-state index in [9.17, 15) is 0 Å². The van der Waals surface area contributed by atoms with Crippen LogP contribution in [0.25, 0.3) is 10.7 Å². The van der Waals surface area contributed by atoms with Crippen molar-refractivity contribution in [1.82, 2.24) is 15.0 Å². The zero-order valence-corrected chi connectivity index (χ0v) is 13.9. The van der Waals surface area contributed by atoms with Gasteiger partial charge in [0.1, 0.15) is 0 Å². The molecule has 0 bridgehead atoms. The van der Waals surface area contributed by atoms with Crippen molar-refractivity contribution in [3.05, 3.63) is 23.4 Å². The first kappa shape index (κ1) is 14.4. The third-order valence-electron chi connectivity index (χ3n) is 5.05. The Kier molecular flexibility index (Phi) is 3.78. The lowest BCUT2D eigenvalue weighted by atomic mass is 9.65. The molecule has 0 amide bonds. The van der Waals surface area contributed by atoms with Crippen molar-refractivity contribution < 1.29 is 4.52 Å². The van der Waals surface area contributed by atoms with Crippen LogP contribution in [0.15, 0.2) is 22.0 Å². The Bertz CT molecular complexity index is 614. The number of hydrogen-bond acceptors (Lipinski definition) is 5. The molecule has 2 saturated carbocycles. The minimum Gasteiger partial charge on any atom is -0.338 e. The summed E-state index contributed by atoms with van der Waals surface area (Å²) in [7, 11) is 2.18. The fraction of sp³-hybridized carbons (Fsp3) is 0.647. The Morgan fingerprint density at radius 3 is 2.91 bits per heavy atom. The zero-order chi connectivity index (χ0) is 15.0. The molecule has 22 heavy (non-hydrogen) atoms. The van der Waals surface area contributed by atoms with Crippen molar-refractivity contribution in [2.24, 2.45) is 11.3 Å². The molecule has 2 aromatic rings. The van der Waals surface area contributed by atoms with Gasteiger partial charge in [0.15, 0.2) is 0 Å². The van der Waals surface area contributed by atoms with E-state index in [4.69, 9.17) is 4.52 Å². The maximum Gasteiger partial charge on any atom is 0.241 e. The predicted molar refractivity (Wildman–Crippen MR) is 87.6 cm³/mol. The Hall–Kier alpha value is -1.20. The molecule has 0 spiro atoms. The third-order valence-corrected chi connectivity index (χ3v) is 5.92. The summed E-state index contributed by atoms with van der Waals surface area (Å²) in [5.74, 6) is 2.46. The molecule has 2 aliphatic rings. The van der Waals surface area contributed by atoms with Crippen molar-refractivity contribution in [2.45, 2.75) is 45.1 Å². The van der Waals surface area contributed by atoms with Gasteiger partial charge in [-0.2, -0.15) is 4.98 Å². The van der Waals surface area contributed by atoms with E-state index in [2.05, 4.69) is 22.1 Å². The van der Waals surface area contributed by atoms with Crippen LogP contribution in [0.3, 0.4) is 0 Å². The molecular weight excluding hydrogens is 294 g/mol. The minimum absolute atomic E-state index is 0.576. The average Bonchev–Trinajstić information content (AvgIpc) is 2.92. The van der Waals surface area contributed by atoms with Gasteiger partial charge in [-0.1, -0.05) is 30.5 Å². The molecule has 0 aliphatic heterocycles. The number of rotatable bonds is 7. The molecule has 2 aromatic heterocycles. The van der Waals surface area contributed by atoms with Crippen LogP contribution < -0.4 is 0 Å². The molecule has 2 aliphatic carbocycles. The lowest BCUT2D eigenvalue weighted by Gasteiger charge is -2.44. The first-order valence-electron chi connectivity index (χ1n) is 8.27. The Morgan fingerprint density at radius 1 is 1.41 bits per heavy atom. The van der Waals surface area contributed by atoms with Gasteiger partial charge in [-0.3, -0.25) is 4.90 Å². The molecule has 118 valence electrons. The van der Waals surface area contributed by atoms with Crippen LogP contribution in [-0.4, -0.2) is 28.6 Å². The van der Waals surface area contributed by atoms with Crippen molar-refractivity contribution in [3.8, 4) is 10.7 Å². The highest BCUT2D eigenvalue weighted by Crippen LogP contribution is 2.51. The second kappa shape index (κ2) is 5.78. The molecular formula is C17H23N3OS. The second-order valence-electron chi connectivity index (χ2n) is 7.16. The van der Waals surface area contributed by atoms with Gasteiger partial charge in [0.25, 0.3) is 0 Å². The van der Waals surface area contributed by atoms with Crippen molar-refractivity contribution in [2.75, 3.05) is 13.6 Å². The van der Waals surface area contributed by atoms with Gasteiger partial charge in [0.2, 0.25) is 11.7 Å². The maximum absolute atomic E-state index is 5.42. The number of aromatic nitrogens is 2. The summed E-state index contributed by atoms with van der Waals surface area (Å²) in [4.78, 5) is 7.97. The number of hydrogen-bond donors (Lipinski definition) is 0. The summed E-state index contributed by atoms with van der Waals surface area (Å²) in [5, 5.41) is 6.14. The standard InChI is InChI=1S/C17H23N3OS/c1-20(12-17(7-3-8-17)10-13-5-6-13)11-15-18-16(19-21-15)14-4-2-9-22-14/h2,4,9,13H,3,5-8,10-12H2,1H3. The summed E-state index contributed by atoms with van der Waals surface area (Å²) in [6.07, 6.45) is 8.56. The fourth-order valence-corrected chi connectivity index (χ4v) is 4.37. The van der Waals surface area contributed by atoms with Gasteiger partial charge >= 0.3 is 0 Å². The molecule has 4 rings (SSSR count). The van der Waals surface area contributed by atoms with E-state index in [1.165, 1.54) is 45.1 Å². The van der Waals surface area contributed by atoms with E-state index in [0.29, 0.717) is 5.41 Å². The summed E-state index contributed by atoms with van der Waals surface area (Å²) >= 11 is 1.65. The molecule has 5 heteroatoms. The van der Waals surface area contributed by atoms with Crippen molar-refractivity contribution in [3.63, 3.8) is 0 Å². The lowest BCUT2D eigenvalue weighted by Crippen LogP contribution is -2.41. The zero-order valence-electron chi connectivity index (χ0n) is 13.1. The van der Waals surface area contributed by atoms with Gasteiger partial charge in [-0.25, -0.2) is 0 Å². The van der Waals surface area contributed by atoms with Crippen LogP contribution in [0.1, 0.15) is 44.4 Å². The topological polar surface area (TPSA) is 42.2 Å². The minimum atomic E-state index is 0.576.